The molecule has 3 aliphatic carbocycles. The summed E-state index contributed by atoms with van der Waals surface area (Å²) in [5.74, 6) is 1.57. The summed E-state index contributed by atoms with van der Waals surface area (Å²) in [4.78, 5) is 0. The summed E-state index contributed by atoms with van der Waals surface area (Å²) in [5, 5.41) is 20.2. The van der Waals surface area contributed by atoms with Crippen molar-refractivity contribution in [1.29, 1.82) is 0 Å². The van der Waals surface area contributed by atoms with Gasteiger partial charge in [0.1, 0.15) is 0 Å². The third-order valence-electron chi connectivity index (χ3n) is 4.93. The predicted octanol–water partition coefficient (Wildman–Crippen LogP) is 2.25. The molecule has 0 radical (unpaired) electrons. The van der Waals surface area contributed by atoms with E-state index in [1.54, 1.807) is 5.57 Å². The molecule has 2 nitrogen and oxygen atoms in total. The van der Waals surface area contributed by atoms with Crippen LogP contribution in [0, 0.1) is 17.8 Å². The van der Waals surface area contributed by atoms with Gasteiger partial charge in [-0.2, -0.15) is 0 Å². The van der Waals surface area contributed by atoms with E-state index in [9.17, 15) is 10.2 Å². The first-order chi connectivity index (χ1) is 7.75. The lowest BCUT2D eigenvalue weighted by Gasteiger charge is -2.45. The number of rotatable bonds is 0. The molecule has 0 amide bonds. The van der Waals surface area contributed by atoms with Gasteiger partial charge in [-0.05, 0) is 56.8 Å². The first kappa shape index (κ1) is 10.8. The quantitative estimate of drug-likeness (QED) is 0.617. The lowest BCUT2D eigenvalue weighted by Crippen LogP contribution is -2.41. The van der Waals surface area contributed by atoms with Crippen LogP contribution < -0.4 is 0 Å². The highest BCUT2D eigenvalue weighted by molar-refractivity contribution is 5.20. The van der Waals surface area contributed by atoms with Gasteiger partial charge in [0.05, 0.1) is 12.2 Å². The smallest absolute Gasteiger partial charge is 0.0608 e. The van der Waals surface area contributed by atoms with Crippen molar-refractivity contribution in [2.45, 2.75) is 57.2 Å². The van der Waals surface area contributed by atoms with Gasteiger partial charge in [-0.1, -0.05) is 11.6 Å². The Bertz CT molecular complexity index is 297. The van der Waals surface area contributed by atoms with Crippen molar-refractivity contribution in [3.63, 3.8) is 0 Å². The highest BCUT2D eigenvalue weighted by Crippen LogP contribution is 2.48. The van der Waals surface area contributed by atoms with E-state index in [-0.39, 0.29) is 12.2 Å². The summed E-state index contributed by atoms with van der Waals surface area (Å²) in [6.07, 6.45) is 9.55. The van der Waals surface area contributed by atoms with Gasteiger partial charge in [-0.15, -0.1) is 0 Å². The minimum Gasteiger partial charge on any atom is -0.393 e. The van der Waals surface area contributed by atoms with E-state index in [1.807, 2.05) is 0 Å². The Balaban J connectivity index is 1.94. The zero-order valence-electron chi connectivity index (χ0n) is 9.81. The molecule has 3 aliphatic rings. The Kier molecular flexibility index (Phi) is 2.80. The fraction of sp³-hybridized carbons (Fsp3) is 0.857. The van der Waals surface area contributed by atoms with E-state index in [4.69, 9.17) is 0 Å². The summed E-state index contributed by atoms with van der Waals surface area (Å²) in [6.45, 7) is 0. The van der Waals surface area contributed by atoms with Crippen LogP contribution in [-0.2, 0) is 0 Å². The van der Waals surface area contributed by atoms with Gasteiger partial charge in [0.15, 0.2) is 0 Å². The van der Waals surface area contributed by atoms with E-state index in [0.29, 0.717) is 17.8 Å². The van der Waals surface area contributed by atoms with Gasteiger partial charge in [-0.3, -0.25) is 0 Å². The molecule has 0 aromatic heterocycles. The second-order valence-electron chi connectivity index (χ2n) is 5.88. The van der Waals surface area contributed by atoms with E-state index in [0.717, 1.165) is 44.9 Å². The van der Waals surface area contributed by atoms with Gasteiger partial charge in [0.2, 0.25) is 0 Å². The molecule has 0 saturated heterocycles. The fourth-order valence-electron chi connectivity index (χ4n) is 4.18. The second kappa shape index (κ2) is 4.15. The van der Waals surface area contributed by atoms with Crippen LogP contribution in [-0.4, -0.2) is 22.4 Å². The average Bonchev–Trinajstić information content (AvgIpc) is 2.28. The monoisotopic (exact) mass is 222 g/mol. The highest BCUT2D eigenvalue weighted by atomic mass is 16.3. The molecule has 4 bridgehead atoms. The van der Waals surface area contributed by atoms with E-state index in [2.05, 4.69) is 6.08 Å². The molecule has 2 saturated carbocycles. The lowest BCUT2D eigenvalue weighted by atomic mass is 9.62. The second-order valence-corrected chi connectivity index (χ2v) is 5.88. The van der Waals surface area contributed by atoms with Gasteiger partial charge >= 0.3 is 0 Å². The maximum absolute atomic E-state index is 10.2. The van der Waals surface area contributed by atoms with Crippen LogP contribution in [0.5, 0.6) is 0 Å². The Morgan fingerprint density at radius 1 is 1.00 bits per heavy atom. The molecule has 0 unspecified atom stereocenters. The lowest BCUT2D eigenvalue weighted by molar-refractivity contribution is 0.00991. The van der Waals surface area contributed by atoms with Crippen LogP contribution in [0.15, 0.2) is 11.6 Å². The molecule has 90 valence electrons. The molecular formula is C14H22O2. The van der Waals surface area contributed by atoms with Crippen LogP contribution in [0.4, 0.5) is 0 Å². The number of aliphatic hydroxyl groups is 2. The van der Waals surface area contributed by atoms with Crippen LogP contribution in [0.25, 0.3) is 0 Å². The molecule has 2 N–H and O–H groups in total. The summed E-state index contributed by atoms with van der Waals surface area (Å²) in [6, 6.07) is 0. The predicted molar refractivity (Wildman–Crippen MR) is 62.9 cm³/mol. The van der Waals surface area contributed by atoms with Gasteiger partial charge < -0.3 is 10.2 Å². The van der Waals surface area contributed by atoms with Crippen LogP contribution in [0.2, 0.25) is 0 Å². The van der Waals surface area contributed by atoms with Crippen molar-refractivity contribution in [2.24, 2.45) is 17.8 Å². The molecule has 3 rings (SSSR count). The van der Waals surface area contributed by atoms with Crippen LogP contribution >= 0.6 is 0 Å². The first-order valence-corrected chi connectivity index (χ1v) is 6.82. The molecule has 2 heteroatoms. The third kappa shape index (κ3) is 1.72. The van der Waals surface area contributed by atoms with Gasteiger partial charge in [0.25, 0.3) is 0 Å². The summed E-state index contributed by atoms with van der Waals surface area (Å²) < 4.78 is 0. The van der Waals surface area contributed by atoms with Crippen molar-refractivity contribution in [3.8, 4) is 0 Å². The molecule has 16 heavy (non-hydrogen) atoms. The Morgan fingerprint density at radius 3 is 2.69 bits per heavy atom. The Hall–Kier alpha value is -0.340. The summed E-state index contributed by atoms with van der Waals surface area (Å²) in [7, 11) is 0. The standard InChI is InChI=1S/C14H22O2/c15-11-6-4-9-5-7-13(16)14-10(8-11)2-1-3-12(9)14/h3,9-11,13-16H,1-2,4-8H2/t9-,10+,11+,13+,14-/m1/s1. The van der Waals surface area contributed by atoms with Crippen LogP contribution in [0.1, 0.15) is 44.9 Å². The van der Waals surface area contributed by atoms with Crippen molar-refractivity contribution < 1.29 is 10.2 Å². The minimum absolute atomic E-state index is 0.125. The van der Waals surface area contributed by atoms with E-state index in [1.165, 1.54) is 0 Å². The minimum atomic E-state index is -0.141. The third-order valence-corrected chi connectivity index (χ3v) is 4.93. The molecule has 0 aliphatic heterocycles. The van der Waals surface area contributed by atoms with E-state index < -0.39 is 0 Å². The molecule has 0 aromatic carbocycles. The molecule has 5 atom stereocenters. The van der Waals surface area contributed by atoms with Crippen molar-refractivity contribution >= 4 is 0 Å². The zero-order valence-corrected chi connectivity index (χ0v) is 9.81. The summed E-state index contributed by atoms with van der Waals surface area (Å²) >= 11 is 0. The number of allylic oxidation sites excluding steroid dienone is 1. The maximum Gasteiger partial charge on any atom is 0.0608 e. The van der Waals surface area contributed by atoms with Gasteiger partial charge in [0, 0.05) is 5.92 Å². The van der Waals surface area contributed by atoms with Crippen molar-refractivity contribution in [1.82, 2.24) is 0 Å². The fourth-order valence-corrected chi connectivity index (χ4v) is 4.18. The molecule has 2 fully saturated rings. The molecule has 0 spiro atoms. The van der Waals surface area contributed by atoms with Crippen molar-refractivity contribution in [3.05, 3.63) is 11.6 Å². The number of hydrogen-bond acceptors (Lipinski definition) is 2. The largest absolute Gasteiger partial charge is 0.393 e. The number of hydrogen-bond donors (Lipinski definition) is 2. The maximum atomic E-state index is 10.2. The average molecular weight is 222 g/mol. The molecular weight excluding hydrogens is 200 g/mol. The van der Waals surface area contributed by atoms with Gasteiger partial charge in [-0.25, -0.2) is 0 Å². The van der Waals surface area contributed by atoms with Crippen molar-refractivity contribution in [2.75, 3.05) is 0 Å². The highest BCUT2D eigenvalue weighted by Gasteiger charge is 2.41. The number of aliphatic hydroxyl groups excluding tert-OH is 2. The van der Waals surface area contributed by atoms with E-state index >= 15 is 0 Å². The molecule has 0 aromatic rings. The Labute approximate surface area is 97.4 Å². The zero-order chi connectivity index (χ0) is 11.1. The Morgan fingerprint density at radius 2 is 1.81 bits per heavy atom. The van der Waals surface area contributed by atoms with Crippen LogP contribution in [0.3, 0.4) is 0 Å². The first-order valence-electron chi connectivity index (χ1n) is 6.82. The normalized spacial score (nSPS) is 47.9. The topological polar surface area (TPSA) is 40.5 Å². The molecule has 0 heterocycles. The summed E-state index contributed by atoms with van der Waals surface area (Å²) in [5.41, 5.74) is 1.54. The SMILES string of the molecule is O[C@H]1CC[C@@H]2CC[C@H](O)[C@H]3C2=CCC[C@H]3C1.